The van der Waals surface area contributed by atoms with Crippen LogP contribution in [-0.4, -0.2) is 16.8 Å². The van der Waals surface area contributed by atoms with E-state index in [0.29, 0.717) is 0 Å². The average Bonchev–Trinajstić information content (AvgIpc) is 2.40. The van der Waals surface area contributed by atoms with E-state index in [9.17, 15) is 10.2 Å². The van der Waals surface area contributed by atoms with E-state index >= 15 is 0 Å². The van der Waals surface area contributed by atoms with Crippen LogP contribution in [0, 0.1) is 5.41 Å². The van der Waals surface area contributed by atoms with E-state index in [0.717, 1.165) is 22.0 Å². The summed E-state index contributed by atoms with van der Waals surface area (Å²) in [6.45, 7) is 1.92. The topological polar surface area (TPSA) is 40.5 Å². The van der Waals surface area contributed by atoms with Crippen molar-refractivity contribution in [2.24, 2.45) is 5.41 Å². The van der Waals surface area contributed by atoms with E-state index in [4.69, 9.17) is 0 Å². The van der Waals surface area contributed by atoms with Gasteiger partial charge in [-0.25, -0.2) is 0 Å². The lowest BCUT2D eigenvalue weighted by Gasteiger charge is -2.25. The first-order chi connectivity index (χ1) is 6.57. The van der Waals surface area contributed by atoms with Crippen LogP contribution in [0.1, 0.15) is 24.2 Å². The minimum atomic E-state index is -0.546. The quantitative estimate of drug-likeness (QED) is 0.808. The van der Waals surface area contributed by atoms with Crippen LogP contribution in [0.15, 0.2) is 22.7 Å². The fourth-order valence-electron chi connectivity index (χ4n) is 2.04. The van der Waals surface area contributed by atoms with Crippen molar-refractivity contribution in [3.8, 4) is 0 Å². The number of hydrogen-bond acceptors (Lipinski definition) is 2. The summed E-state index contributed by atoms with van der Waals surface area (Å²) in [5.74, 6) is 0. The van der Waals surface area contributed by atoms with E-state index in [2.05, 4.69) is 15.9 Å². The zero-order valence-electron chi connectivity index (χ0n) is 8.00. The number of fused-ring (bicyclic) bond motifs is 1. The van der Waals surface area contributed by atoms with Crippen LogP contribution in [0.2, 0.25) is 0 Å². The second-order valence-corrected chi connectivity index (χ2v) is 5.15. The predicted molar refractivity (Wildman–Crippen MR) is 58.0 cm³/mol. The zero-order valence-corrected chi connectivity index (χ0v) is 9.58. The van der Waals surface area contributed by atoms with E-state index in [1.54, 1.807) is 0 Å². The number of hydrogen-bond donors (Lipinski definition) is 2. The van der Waals surface area contributed by atoms with Gasteiger partial charge in [0, 0.05) is 9.89 Å². The van der Waals surface area contributed by atoms with Crippen LogP contribution in [0.5, 0.6) is 0 Å². The molecular formula is C11H13BrO2. The molecule has 0 unspecified atom stereocenters. The highest BCUT2D eigenvalue weighted by atomic mass is 79.9. The van der Waals surface area contributed by atoms with Crippen molar-refractivity contribution in [3.63, 3.8) is 0 Å². The van der Waals surface area contributed by atoms with Crippen molar-refractivity contribution < 1.29 is 10.2 Å². The highest BCUT2D eigenvalue weighted by Gasteiger charge is 2.40. The summed E-state index contributed by atoms with van der Waals surface area (Å²) < 4.78 is 1.02. The minimum Gasteiger partial charge on any atom is -0.396 e. The molecule has 0 saturated heterocycles. The van der Waals surface area contributed by atoms with Crippen molar-refractivity contribution in [1.29, 1.82) is 0 Å². The molecule has 0 aromatic heterocycles. The van der Waals surface area contributed by atoms with Gasteiger partial charge in [0.25, 0.3) is 0 Å². The Morgan fingerprint density at radius 1 is 1.57 bits per heavy atom. The Labute approximate surface area is 91.7 Å². The van der Waals surface area contributed by atoms with Gasteiger partial charge < -0.3 is 10.2 Å². The number of aliphatic hydroxyl groups excluding tert-OH is 2. The molecule has 0 bridgehead atoms. The van der Waals surface area contributed by atoms with Gasteiger partial charge in [0.05, 0.1) is 12.7 Å². The molecule has 1 aromatic rings. The SMILES string of the molecule is C[C@]1(CO)Cc2cc(Br)ccc2[C@H]1O. The summed E-state index contributed by atoms with van der Waals surface area (Å²) in [5.41, 5.74) is 1.66. The summed E-state index contributed by atoms with van der Waals surface area (Å²) >= 11 is 3.40. The number of halogens is 1. The monoisotopic (exact) mass is 256 g/mol. The Morgan fingerprint density at radius 2 is 2.29 bits per heavy atom. The summed E-state index contributed by atoms with van der Waals surface area (Å²) in [4.78, 5) is 0. The molecule has 0 aliphatic heterocycles. The number of benzene rings is 1. The van der Waals surface area contributed by atoms with Crippen LogP contribution in [0.4, 0.5) is 0 Å². The van der Waals surface area contributed by atoms with Crippen molar-refractivity contribution in [3.05, 3.63) is 33.8 Å². The van der Waals surface area contributed by atoms with Gasteiger partial charge in [0.1, 0.15) is 0 Å². The van der Waals surface area contributed by atoms with E-state index < -0.39 is 11.5 Å². The van der Waals surface area contributed by atoms with E-state index in [1.807, 2.05) is 25.1 Å². The molecule has 1 aromatic carbocycles. The second kappa shape index (κ2) is 3.33. The van der Waals surface area contributed by atoms with Crippen molar-refractivity contribution >= 4 is 15.9 Å². The van der Waals surface area contributed by atoms with Crippen LogP contribution >= 0.6 is 15.9 Å². The van der Waals surface area contributed by atoms with Crippen LogP contribution in [0.25, 0.3) is 0 Å². The third kappa shape index (κ3) is 1.40. The molecule has 0 spiro atoms. The number of aliphatic hydroxyl groups is 2. The molecule has 0 radical (unpaired) electrons. The van der Waals surface area contributed by atoms with Gasteiger partial charge >= 0.3 is 0 Å². The molecule has 0 saturated carbocycles. The Balaban J connectivity index is 2.45. The third-order valence-electron chi connectivity index (χ3n) is 3.02. The lowest BCUT2D eigenvalue weighted by molar-refractivity contribution is 0.00783. The smallest absolute Gasteiger partial charge is 0.0871 e. The molecule has 0 fully saturated rings. The molecule has 14 heavy (non-hydrogen) atoms. The Kier molecular flexibility index (Phi) is 2.41. The van der Waals surface area contributed by atoms with Crippen LogP contribution < -0.4 is 0 Å². The molecule has 76 valence electrons. The maximum Gasteiger partial charge on any atom is 0.0871 e. The highest BCUT2D eigenvalue weighted by Crippen LogP contribution is 2.45. The molecule has 2 rings (SSSR count). The standard InChI is InChI=1S/C11H13BrO2/c1-11(6-13)5-7-4-8(12)2-3-9(7)10(11)14/h2-4,10,13-14H,5-6H2,1H3/t10-,11-/m1/s1. The molecule has 0 heterocycles. The van der Waals surface area contributed by atoms with Gasteiger partial charge in [-0.2, -0.15) is 0 Å². The van der Waals surface area contributed by atoms with E-state index in [1.165, 1.54) is 0 Å². The molecule has 1 aliphatic carbocycles. The van der Waals surface area contributed by atoms with Crippen molar-refractivity contribution in [2.45, 2.75) is 19.4 Å². The normalized spacial score (nSPS) is 30.4. The highest BCUT2D eigenvalue weighted by molar-refractivity contribution is 9.10. The maximum atomic E-state index is 10.0. The average molecular weight is 257 g/mol. The first-order valence-corrected chi connectivity index (χ1v) is 5.43. The lowest BCUT2D eigenvalue weighted by Crippen LogP contribution is -2.26. The summed E-state index contributed by atoms with van der Waals surface area (Å²) in [7, 11) is 0. The Morgan fingerprint density at radius 3 is 2.93 bits per heavy atom. The Bertz CT molecular complexity index is 364. The van der Waals surface area contributed by atoms with E-state index in [-0.39, 0.29) is 6.61 Å². The molecule has 1 aliphatic rings. The van der Waals surface area contributed by atoms with Crippen molar-refractivity contribution in [1.82, 2.24) is 0 Å². The predicted octanol–water partition coefficient (Wildman–Crippen LogP) is 2.04. The molecule has 2 atom stereocenters. The van der Waals surface area contributed by atoms with Gasteiger partial charge in [-0.15, -0.1) is 0 Å². The number of rotatable bonds is 1. The van der Waals surface area contributed by atoms with Gasteiger partial charge in [-0.3, -0.25) is 0 Å². The van der Waals surface area contributed by atoms with Gasteiger partial charge in [-0.1, -0.05) is 28.9 Å². The molecule has 2 nitrogen and oxygen atoms in total. The molecule has 3 heteroatoms. The third-order valence-corrected chi connectivity index (χ3v) is 3.51. The molecule has 0 amide bonds. The van der Waals surface area contributed by atoms with Gasteiger partial charge in [-0.05, 0) is 29.7 Å². The first kappa shape index (κ1) is 10.1. The molecule has 2 N–H and O–H groups in total. The maximum absolute atomic E-state index is 10.0. The second-order valence-electron chi connectivity index (χ2n) is 4.23. The van der Waals surface area contributed by atoms with Crippen LogP contribution in [-0.2, 0) is 6.42 Å². The molecular weight excluding hydrogens is 244 g/mol. The first-order valence-electron chi connectivity index (χ1n) is 4.64. The fourth-order valence-corrected chi connectivity index (χ4v) is 2.45. The van der Waals surface area contributed by atoms with Crippen LogP contribution in [0.3, 0.4) is 0 Å². The summed E-state index contributed by atoms with van der Waals surface area (Å²) in [6.07, 6.45) is 0.190. The van der Waals surface area contributed by atoms with Gasteiger partial charge in [0.15, 0.2) is 0 Å². The largest absolute Gasteiger partial charge is 0.396 e. The zero-order chi connectivity index (χ0) is 10.3. The lowest BCUT2D eigenvalue weighted by atomic mass is 9.86. The fraction of sp³-hybridized carbons (Fsp3) is 0.455. The summed E-state index contributed by atoms with van der Waals surface area (Å²) in [6, 6.07) is 5.86. The minimum absolute atomic E-state index is 0.0144. The Hall–Kier alpha value is -0.380. The summed E-state index contributed by atoms with van der Waals surface area (Å²) in [5, 5.41) is 19.3. The van der Waals surface area contributed by atoms with Gasteiger partial charge in [0.2, 0.25) is 0 Å². The van der Waals surface area contributed by atoms with Crippen molar-refractivity contribution in [2.75, 3.05) is 6.61 Å².